The Morgan fingerprint density at radius 3 is 2.79 bits per heavy atom. The monoisotopic (exact) mass is 374 g/mol. The molecule has 0 bridgehead atoms. The van der Waals surface area contributed by atoms with Gasteiger partial charge in [0.2, 0.25) is 5.88 Å². The fourth-order valence-corrected chi connectivity index (χ4v) is 2.87. The Kier molecular flexibility index (Phi) is 4.67. The minimum atomic E-state index is -0.229. The van der Waals surface area contributed by atoms with Crippen LogP contribution in [0.4, 0.5) is 0 Å². The standard InChI is InChI=1S/C20H18N6O2/c1-13-5-3-6-14(2)18(13)28-20-16(7-4-9-21-20)12-22-19(27)15-8-10-26-17(11-15)23-24-25-26/h3-11H,12H2,1-2H3,(H,22,27). The molecule has 28 heavy (non-hydrogen) atoms. The van der Waals surface area contributed by atoms with Crippen molar-refractivity contribution in [2.24, 2.45) is 0 Å². The van der Waals surface area contributed by atoms with Crippen LogP contribution in [-0.2, 0) is 6.54 Å². The number of carbonyl (C=O) groups is 1. The van der Waals surface area contributed by atoms with Crippen molar-refractivity contribution in [3.8, 4) is 11.6 Å². The van der Waals surface area contributed by atoms with Crippen LogP contribution < -0.4 is 10.1 Å². The van der Waals surface area contributed by atoms with Crippen molar-refractivity contribution in [2.75, 3.05) is 0 Å². The highest BCUT2D eigenvalue weighted by Crippen LogP contribution is 2.29. The van der Waals surface area contributed by atoms with E-state index in [0.717, 1.165) is 22.4 Å². The Bertz CT molecular complexity index is 1130. The molecule has 0 saturated carbocycles. The quantitative estimate of drug-likeness (QED) is 0.577. The van der Waals surface area contributed by atoms with Gasteiger partial charge < -0.3 is 10.1 Å². The number of rotatable bonds is 5. The van der Waals surface area contributed by atoms with Gasteiger partial charge in [-0.2, -0.15) is 0 Å². The molecule has 0 spiro atoms. The number of hydrogen-bond donors (Lipinski definition) is 1. The largest absolute Gasteiger partial charge is 0.438 e. The van der Waals surface area contributed by atoms with E-state index in [1.54, 1.807) is 24.5 Å². The van der Waals surface area contributed by atoms with Crippen LogP contribution >= 0.6 is 0 Å². The molecule has 4 aromatic rings. The fourth-order valence-electron chi connectivity index (χ4n) is 2.87. The smallest absolute Gasteiger partial charge is 0.251 e. The topological polar surface area (TPSA) is 94.3 Å². The van der Waals surface area contributed by atoms with Crippen molar-refractivity contribution in [2.45, 2.75) is 20.4 Å². The molecule has 1 amide bonds. The second kappa shape index (κ2) is 7.43. The van der Waals surface area contributed by atoms with Gasteiger partial charge in [0, 0.05) is 30.1 Å². The molecule has 1 aromatic carbocycles. The molecule has 8 nitrogen and oxygen atoms in total. The summed E-state index contributed by atoms with van der Waals surface area (Å²) in [6.07, 6.45) is 3.31. The molecule has 8 heteroatoms. The van der Waals surface area contributed by atoms with Crippen LogP contribution in [0.2, 0.25) is 0 Å². The van der Waals surface area contributed by atoms with Gasteiger partial charge in [0.25, 0.3) is 5.91 Å². The van der Waals surface area contributed by atoms with Crippen LogP contribution in [0.15, 0.2) is 54.9 Å². The summed E-state index contributed by atoms with van der Waals surface area (Å²) >= 11 is 0. The van der Waals surface area contributed by atoms with Gasteiger partial charge in [-0.05, 0) is 53.6 Å². The molecular weight excluding hydrogens is 356 g/mol. The van der Waals surface area contributed by atoms with Gasteiger partial charge in [-0.3, -0.25) is 4.79 Å². The third kappa shape index (κ3) is 3.52. The van der Waals surface area contributed by atoms with Crippen LogP contribution in [0, 0.1) is 13.8 Å². The van der Waals surface area contributed by atoms with Gasteiger partial charge in [-0.1, -0.05) is 24.3 Å². The molecule has 4 rings (SSSR count). The average molecular weight is 374 g/mol. The zero-order chi connectivity index (χ0) is 19.5. The van der Waals surface area contributed by atoms with Crippen molar-refractivity contribution in [1.29, 1.82) is 0 Å². The third-order valence-electron chi connectivity index (χ3n) is 4.36. The van der Waals surface area contributed by atoms with Crippen LogP contribution in [0.5, 0.6) is 11.6 Å². The molecular formula is C20H18N6O2. The number of para-hydroxylation sites is 1. The highest BCUT2D eigenvalue weighted by Gasteiger charge is 2.12. The van der Waals surface area contributed by atoms with Crippen LogP contribution in [0.25, 0.3) is 5.65 Å². The molecule has 0 radical (unpaired) electrons. The van der Waals surface area contributed by atoms with Gasteiger partial charge in [0.1, 0.15) is 5.75 Å². The molecule has 0 unspecified atom stereocenters. The summed E-state index contributed by atoms with van der Waals surface area (Å²) in [6, 6.07) is 12.9. The number of fused-ring (bicyclic) bond motifs is 1. The van der Waals surface area contributed by atoms with Crippen LogP contribution in [-0.4, -0.2) is 30.9 Å². The van der Waals surface area contributed by atoms with E-state index in [2.05, 4.69) is 25.8 Å². The van der Waals surface area contributed by atoms with Crippen molar-refractivity contribution in [1.82, 2.24) is 30.3 Å². The van der Waals surface area contributed by atoms with Gasteiger partial charge in [-0.25, -0.2) is 9.50 Å². The molecule has 0 aliphatic heterocycles. The van der Waals surface area contributed by atoms with E-state index in [1.807, 2.05) is 44.2 Å². The summed E-state index contributed by atoms with van der Waals surface area (Å²) in [7, 11) is 0. The number of pyridine rings is 2. The van der Waals surface area contributed by atoms with E-state index >= 15 is 0 Å². The number of nitrogens with one attached hydrogen (secondary N) is 1. The lowest BCUT2D eigenvalue weighted by atomic mass is 10.1. The lowest BCUT2D eigenvalue weighted by molar-refractivity contribution is 0.0950. The Labute approximate surface area is 161 Å². The molecule has 0 aliphatic rings. The highest BCUT2D eigenvalue weighted by molar-refractivity contribution is 5.94. The SMILES string of the molecule is Cc1cccc(C)c1Oc1ncccc1CNC(=O)c1ccn2nnnc2c1. The van der Waals surface area contributed by atoms with Crippen molar-refractivity contribution in [3.63, 3.8) is 0 Å². The Morgan fingerprint density at radius 1 is 1.14 bits per heavy atom. The number of carbonyl (C=O) groups excluding carboxylic acids is 1. The number of amides is 1. The molecule has 0 atom stereocenters. The summed E-state index contributed by atoms with van der Waals surface area (Å²) in [5, 5.41) is 14.1. The minimum Gasteiger partial charge on any atom is -0.438 e. The van der Waals surface area contributed by atoms with Crippen molar-refractivity contribution in [3.05, 3.63) is 77.1 Å². The normalized spacial score (nSPS) is 10.8. The maximum atomic E-state index is 12.5. The number of aromatic nitrogens is 5. The maximum absolute atomic E-state index is 12.5. The van der Waals surface area contributed by atoms with Crippen molar-refractivity contribution < 1.29 is 9.53 Å². The predicted molar refractivity (Wildman–Crippen MR) is 102 cm³/mol. The van der Waals surface area contributed by atoms with Crippen LogP contribution in [0.1, 0.15) is 27.0 Å². The first-order valence-corrected chi connectivity index (χ1v) is 8.76. The first-order chi connectivity index (χ1) is 13.6. The average Bonchev–Trinajstić information content (AvgIpc) is 3.17. The number of ether oxygens (including phenoxy) is 1. The lowest BCUT2D eigenvalue weighted by Gasteiger charge is -2.14. The van der Waals surface area contributed by atoms with E-state index in [1.165, 1.54) is 4.52 Å². The summed E-state index contributed by atoms with van der Waals surface area (Å²) in [6.45, 7) is 4.26. The minimum absolute atomic E-state index is 0.229. The van der Waals surface area contributed by atoms with E-state index in [4.69, 9.17) is 4.74 Å². The summed E-state index contributed by atoms with van der Waals surface area (Å²) in [5.74, 6) is 1.02. The number of aryl methyl sites for hydroxylation is 2. The zero-order valence-electron chi connectivity index (χ0n) is 15.5. The Balaban J connectivity index is 1.51. The molecule has 0 saturated heterocycles. The highest BCUT2D eigenvalue weighted by atomic mass is 16.5. The molecule has 140 valence electrons. The number of hydrogen-bond acceptors (Lipinski definition) is 6. The molecule has 3 aromatic heterocycles. The number of nitrogens with zero attached hydrogens (tertiary/aromatic N) is 5. The molecule has 0 aliphatic carbocycles. The van der Waals surface area contributed by atoms with Gasteiger partial charge in [-0.15, -0.1) is 5.10 Å². The predicted octanol–water partition coefficient (Wildman–Crippen LogP) is 2.86. The van der Waals surface area contributed by atoms with E-state index in [-0.39, 0.29) is 12.5 Å². The molecule has 1 N–H and O–H groups in total. The summed E-state index contributed by atoms with van der Waals surface area (Å²) in [5.41, 5.74) is 3.81. The first kappa shape index (κ1) is 17.6. The van der Waals surface area contributed by atoms with E-state index in [0.29, 0.717) is 17.1 Å². The molecule has 3 heterocycles. The fraction of sp³-hybridized carbons (Fsp3) is 0.150. The van der Waals surface area contributed by atoms with E-state index in [9.17, 15) is 4.79 Å². The van der Waals surface area contributed by atoms with Gasteiger partial charge >= 0.3 is 0 Å². The summed E-state index contributed by atoms with van der Waals surface area (Å²) in [4.78, 5) is 16.8. The zero-order valence-corrected chi connectivity index (χ0v) is 15.5. The Hall–Kier alpha value is -3.81. The Morgan fingerprint density at radius 2 is 1.96 bits per heavy atom. The number of benzene rings is 1. The summed E-state index contributed by atoms with van der Waals surface area (Å²) < 4.78 is 7.56. The van der Waals surface area contributed by atoms with Crippen molar-refractivity contribution >= 4 is 11.6 Å². The van der Waals surface area contributed by atoms with Gasteiger partial charge in [0.05, 0.1) is 0 Å². The van der Waals surface area contributed by atoms with E-state index < -0.39 is 0 Å². The third-order valence-corrected chi connectivity index (χ3v) is 4.36. The number of tetrazole rings is 1. The first-order valence-electron chi connectivity index (χ1n) is 8.76. The molecule has 0 fully saturated rings. The maximum Gasteiger partial charge on any atom is 0.251 e. The second-order valence-electron chi connectivity index (χ2n) is 6.37. The lowest BCUT2D eigenvalue weighted by Crippen LogP contribution is -2.23. The van der Waals surface area contributed by atoms with Crippen LogP contribution in [0.3, 0.4) is 0 Å². The van der Waals surface area contributed by atoms with Gasteiger partial charge in [0.15, 0.2) is 5.65 Å². The second-order valence-corrected chi connectivity index (χ2v) is 6.37.